The van der Waals surface area contributed by atoms with E-state index >= 15 is 0 Å². The van der Waals surface area contributed by atoms with Crippen LogP contribution in [0, 0.1) is 28.6 Å². The first kappa shape index (κ1) is 17.4. The molecular weight excluding hydrogens is 306 g/mol. The molecule has 8 heteroatoms. The van der Waals surface area contributed by atoms with Crippen LogP contribution < -0.4 is 11.1 Å². The molecule has 2 fully saturated rings. The predicted octanol–water partition coefficient (Wildman–Crippen LogP) is 1.47. The highest BCUT2D eigenvalue weighted by atomic mass is 19.3. The topological polar surface area (TPSA) is 99.2 Å². The standard InChI is InChI=1S/C15H22F2N4O2/c1-14(16,17)8-10(12(22)20-5-4-18)11-9-15(11)2-6-21(7-3-15)13(19)23/h10-11H,2-3,5-9H2,1H3,(H2,19,23)(H,20,22)/t10-,11?/m0/s1. The summed E-state index contributed by atoms with van der Waals surface area (Å²) in [5.74, 6) is -4.34. The van der Waals surface area contributed by atoms with E-state index in [1.54, 1.807) is 11.0 Å². The van der Waals surface area contributed by atoms with Crippen molar-refractivity contribution >= 4 is 11.9 Å². The first-order valence-corrected chi connectivity index (χ1v) is 7.75. The molecule has 6 nitrogen and oxygen atoms in total. The number of hydrogen-bond donors (Lipinski definition) is 2. The molecule has 3 N–H and O–H groups in total. The number of urea groups is 1. The van der Waals surface area contributed by atoms with Crippen LogP contribution >= 0.6 is 0 Å². The predicted molar refractivity (Wildman–Crippen MR) is 78.3 cm³/mol. The molecule has 0 radical (unpaired) electrons. The number of amides is 3. The third-order valence-electron chi connectivity index (χ3n) is 5.07. The van der Waals surface area contributed by atoms with Crippen LogP contribution in [0.4, 0.5) is 13.6 Å². The lowest BCUT2D eigenvalue weighted by molar-refractivity contribution is -0.129. The molecule has 1 unspecified atom stereocenters. The van der Waals surface area contributed by atoms with Gasteiger partial charge in [-0.2, -0.15) is 5.26 Å². The van der Waals surface area contributed by atoms with E-state index in [-0.39, 0.29) is 17.9 Å². The van der Waals surface area contributed by atoms with Gasteiger partial charge in [0.15, 0.2) is 0 Å². The molecule has 1 aliphatic heterocycles. The summed E-state index contributed by atoms with van der Waals surface area (Å²) < 4.78 is 26.9. The Balaban J connectivity index is 2.03. The zero-order chi connectivity index (χ0) is 17.3. The average Bonchev–Trinajstić information content (AvgIpc) is 3.15. The second kappa shape index (κ2) is 6.30. The van der Waals surface area contributed by atoms with Gasteiger partial charge in [0.1, 0.15) is 6.54 Å². The van der Waals surface area contributed by atoms with E-state index in [1.165, 1.54) is 0 Å². The molecule has 23 heavy (non-hydrogen) atoms. The highest BCUT2D eigenvalue weighted by Crippen LogP contribution is 2.63. The number of nitrogens with two attached hydrogens (primary N) is 1. The highest BCUT2D eigenvalue weighted by Gasteiger charge is 2.60. The Bertz CT molecular complexity index is 519. The van der Waals surface area contributed by atoms with Crippen LogP contribution in [0.2, 0.25) is 0 Å². The van der Waals surface area contributed by atoms with Crippen molar-refractivity contribution in [3.05, 3.63) is 0 Å². The van der Waals surface area contributed by atoms with Crippen molar-refractivity contribution in [2.45, 2.75) is 38.5 Å². The lowest BCUT2D eigenvalue weighted by Gasteiger charge is -2.33. The fourth-order valence-corrected chi connectivity index (χ4v) is 3.76. The monoisotopic (exact) mass is 328 g/mol. The Hall–Kier alpha value is -1.91. The number of piperidine rings is 1. The largest absolute Gasteiger partial charge is 0.351 e. The van der Waals surface area contributed by atoms with Crippen LogP contribution in [0.1, 0.15) is 32.6 Å². The van der Waals surface area contributed by atoms with Gasteiger partial charge in [0.2, 0.25) is 11.8 Å². The van der Waals surface area contributed by atoms with Gasteiger partial charge in [-0.05, 0) is 37.5 Å². The van der Waals surface area contributed by atoms with Crippen molar-refractivity contribution in [1.29, 1.82) is 5.26 Å². The highest BCUT2D eigenvalue weighted by molar-refractivity contribution is 5.80. The number of hydrogen-bond acceptors (Lipinski definition) is 3. The minimum absolute atomic E-state index is 0.123. The van der Waals surface area contributed by atoms with Gasteiger partial charge in [-0.3, -0.25) is 4.79 Å². The summed E-state index contributed by atoms with van der Waals surface area (Å²) in [5, 5.41) is 11.0. The summed E-state index contributed by atoms with van der Waals surface area (Å²) in [6.45, 7) is 1.63. The number of likely N-dealkylation sites (tertiary alicyclic amines) is 1. The summed E-state index contributed by atoms with van der Waals surface area (Å²) in [5.41, 5.74) is 5.10. The SMILES string of the molecule is CC(F)(F)C[C@H](C(=O)NCC#N)C1CC12CCN(C(N)=O)CC2. The van der Waals surface area contributed by atoms with Crippen molar-refractivity contribution in [2.75, 3.05) is 19.6 Å². The summed E-state index contributed by atoms with van der Waals surface area (Å²) in [6.07, 6.45) is 1.55. The minimum atomic E-state index is -2.94. The van der Waals surface area contributed by atoms with Crippen molar-refractivity contribution in [2.24, 2.45) is 23.0 Å². The molecule has 1 heterocycles. The number of carbonyl (C=O) groups excluding carboxylic acids is 2. The van der Waals surface area contributed by atoms with Gasteiger partial charge >= 0.3 is 6.03 Å². The Morgan fingerprint density at radius 3 is 2.57 bits per heavy atom. The van der Waals surface area contributed by atoms with Crippen LogP contribution in [0.3, 0.4) is 0 Å². The van der Waals surface area contributed by atoms with Crippen molar-refractivity contribution in [3.63, 3.8) is 0 Å². The molecule has 2 rings (SSSR count). The Morgan fingerprint density at radius 1 is 1.48 bits per heavy atom. The summed E-state index contributed by atoms with van der Waals surface area (Å²) in [7, 11) is 0. The number of halogens is 2. The minimum Gasteiger partial charge on any atom is -0.351 e. The van der Waals surface area contributed by atoms with Crippen molar-refractivity contribution in [3.8, 4) is 6.07 Å². The fourth-order valence-electron chi connectivity index (χ4n) is 3.76. The van der Waals surface area contributed by atoms with Gasteiger partial charge < -0.3 is 16.0 Å². The lowest BCUT2D eigenvalue weighted by atomic mass is 9.84. The number of carbonyl (C=O) groups is 2. The van der Waals surface area contributed by atoms with E-state index in [4.69, 9.17) is 11.0 Å². The van der Waals surface area contributed by atoms with Crippen LogP contribution in [0.15, 0.2) is 0 Å². The number of nitriles is 1. The third kappa shape index (κ3) is 4.09. The maximum absolute atomic E-state index is 13.5. The number of alkyl halides is 2. The summed E-state index contributed by atoms with van der Waals surface area (Å²) in [6, 6.07) is 1.32. The molecule has 0 aromatic rings. The van der Waals surface area contributed by atoms with Gasteiger partial charge in [0.05, 0.1) is 6.07 Å². The number of nitrogens with one attached hydrogen (secondary N) is 1. The van der Waals surface area contributed by atoms with Crippen molar-refractivity contribution < 1.29 is 18.4 Å². The van der Waals surface area contributed by atoms with Gasteiger partial charge in [-0.1, -0.05) is 0 Å². The molecule has 0 aromatic heterocycles. The summed E-state index contributed by atoms with van der Waals surface area (Å²) in [4.78, 5) is 24.9. The van der Waals surface area contributed by atoms with Crippen LogP contribution in [-0.4, -0.2) is 42.4 Å². The van der Waals surface area contributed by atoms with Crippen LogP contribution in [0.5, 0.6) is 0 Å². The summed E-state index contributed by atoms with van der Waals surface area (Å²) >= 11 is 0. The van der Waals surface area contributed by atoms with E-state index in [2.05, 4.69) is 5.32 Å². The molecule has 2 aliphatic rings. The quantitative estimate of drug-likeness (QED) is 0.747. The molecule has 2 atom stereocenters. The first-order valence-electron chi connectivity index (χ1n) is 7.75. The normalized spacial score (nSPS) is 23.9. The molecule has 0 bridgehead atoms. The number of nitrogens with zero attached hydrogens (tertiary/aromatic N) is 2. The third-order valence-corrected chi connectivity index (χ3v) is 5.07. The van der Waals surface area contributed by atoms with E-state index in [0.29, 0.717) is 32.4 Å². The molecule has 1 spiro atoms. The van der Waals surface area contributed by atoms with Crippen LogP contribution in [-0.2, 0) is 4.79 Å². The maximum atomic E-state index is 13.5. The maximum Gasteiger partial charge on any atom is 0.314 e. The second-order valence-corrected chi connectivity index (χ2v) is 6.76. The van der Waals surface area contributed by atoms with Gasteiger partial charge in [0.25, 0.3) is 0 Å². The van der Waals surface area contributed by atoms with E-state index < -0.39 is 30.2 Å². The second-order valence-electron chi connectivity index (χ2n) is 6.76. The first-order chi connectivity index (χ1) is 10.7. The average molecular weight is 328 g/mol. The molecule has 1 saturated heterocycles. The molecule has 3 amide bonds. The Labute approximate surface area is 134 Å². The van der Waals surface area contributed by atoms with Gasteiger partial charge in [-0.25, -0.2) is 13.6 Å². The van der Waals surface area contributed by atoms with E-state index in [0.717, 1.165) is 6.92 Å². The van der Waals surface area contributed by atoms with E-state index in [1.807, 2.05) is 0 Å². The molecule has 128 valence electrons. The molecule has 1 saturated carbocycles. The van der Waals surface area contributed by atoms with Gasteiger partial charge in [0, 0.05) is 25.4 Å². The molecule has 0 aromatic carbocycles. The number of rotatable bonds is 5. The molecular formula is C15H22F2N4O2. The number of primary amides is 1. The fraction of sp³-hybridized carbons (Fsp3) is 0.800. The van der Waals surface area contributed by atoms with Gasteiger partial charge in [-0.15, -0.1) is 0 Å². The Kier molecular flexibility index (Phi) is 4.78. The van der Waals surface area contributed by atoms with E-state index in [9.17, 15) is 18.4 Å². The molecule has 1 aliphatic carbocycles. The lowest BCUT2D eigenvalue weighted by Crippen LogP contribution is -2.43. The zero-order valence-electron chi connectivity index (χ0n) is 13.1. The Morgan fingerprint density at radius 2 is 2.09 bits per heavy atom. The van der Waals surface area contributed by atoms with Crippen molar-refractivity contribution in [1.82, 2.24) is 10.2 Å². The van der Waals surface area contributed by atoms with Crippen LogP contribution in [0.25, 0.3) is 0 Å². The zero-order valence-corrected chi connectivity index (χ0v) is 13.1. The smallest absolute Gasteiger partial charge is 0.314 e.